The highest BCUT2D eigenvalue weighted by molar-refractivity contribution is 6.18. The summed E-state index contributed by atoms with van der Waals surface area (Å²) in [7, 11) is 2.93. The number of rotatable bonds is 7. The summed E-state index contributed by atoms with van der Waals surface area (Å²) in [6.45, 7) is 0. The van der Waals surface area contributed by atoms with Crippen molar-refractivity contribution in [2.24, 2.45) is 4.99 Å². The Labute approximate surface area is 241 Å². The van der Waals surface area contributed by atoms with Crippen LogP contribution >= 0.6 is 0 Å². The fourth-order valence-electron chi connectivity index (χ4n) is 5.05. The maximum atomic E-state index is 15.5. The highest BCUT2D eigenvalue weighted by Gasteiger charge is 2.28. The van der Waals surface area contributed by atoms with Crippen molar-refractivity contribution in [3.63, 3.8) is 0 Å². The Morgan fingerprint density at radius 3 is 2.52 bits per heavy atom. The largest absolute Gasteiger partial charge is 0.496 e. The molecule has 2 heterocycles. The quantitative estimate of drug-likeness (QED) is 0.266. The number of hydrogen-bond donors (Lipinski definition) is 2. The highest BCUT2D eigenvalue weighted by atomic mass is 19.1. The minimum absolute atomic E-state index is 0.0442. The van der Waals surface area contributed by atoms with Gasteiger partial charge in [-0.15, -0.1) is 0 Å². The summed E-state index contributed by atoms with van der Waals surface area (Å²) < 4.78 is 26.3. The van der Waals surface area contributed by atoms with Gasteiger partial charge in [0.2, 0.25) is 5.95 Å². The first-order valence-electron chi connectivity index (χ1n) is 13.1. The van der Waals surface area contributed by atoms with Crippen LogP contribution in [0, 0.1) is 5.82 Å². The molecule has 0 spiro atoms. The second-order valence-corrected chi connectivity index (χ2v) is 9.53. The summed E-state index contributed by atoms with van der Waals surface area (Å²) in [5.41, 5.74) is 6.13. The first-order valence-corrected chi connectivity index (χ1v) is 13.1. The predicted molar refractivity (Wildman–Crippen MR) is 159 cm³/mol. The molecule has 0 saturated heterocycles. The zero-order valence-corrected chi connectivity index (χ0v) is 22.8. The number of aromatic carboxylic acids is 1. The second-order valence-electron chi connectivity index (χ2n) is 9.53. The van der Waals surface area contributed by atoms with E-state index >= 15 is 4.39 Å². The van der Waals surface area contributed by atoms with Crippen molar-refractivity contribution in [1.82, 2.24) is 9.97 Å². The summed E-state index contributed by atoms with van der Waals surface area (Å²) in [4.78, 5) is 25.6. The molecule has 3 aromatic carbocycles. The van der Waals surface area contributed by atoms with Gasteiger partial charge in [0, 0.05) is 40.9 Å². The van der Waals surface area contributed by atoms with Crippen LogP contribution in [0.1, 0.15) is 32.7 Å². The van der Waals surface area contributed by atoms with Crippen molar-refractivity contribution in [2.75, 3.05) is 19.5 Å². The first kappa shape index (κ1) is 26.6. The van der Waals surface area contributed by atoms with Gasteiger partial charge in [-0.3, -0.25) is 4.99 Å². The minimum atomic E-state index is -1.09. The molecular weight excluding hydrogens is 535 g/mol. The molecule has 0 bridgehead atoms. The third-order valence-corrected chi connectivity index (χ3v) is 7.06. The molecule has 4 aromatic rings. The number of ether oxygens (including phenoxy) is 2. The summed E-state index contributed by atoms with van der Waals surface area (Å²) in [6.07, 6.45) is 7.93. The Balaban J connectivity index is 1.46. The SMILES string of the molecule is COc1cc(Nc2ncc3c(n2)C2=CN=C(c4ccccc4)C=C(c4c(F)cccc4OC)C2=CC3)ccc1C(=O)O. The van der Waals surface area contributed by atoms with Gasteiger partial charge < -0.3 is 19.9 Å². The van der Waals surface area contributed by atoms with Gasteiger partial charge >= 0.3 is 5.97 Å². The van der Waals surface area contributed by atoms with Crippen LogP contribution in [0.15, 0.2) is 102 Å². The number of carboxylic acids is 1. The molecule has 0 radical (unpaired) electrons. The number of fused-ring (bicyclic) bond motifs is 3. The van der Waals surface area contributed by atoms with Gasteiger partial charge in [0.1, 0.15) is 22.9 Å². The monoisotopic (exact) mass is 560 g/mol. The Morgan fingerprint density at radius 1 is 0.952 bits per heavy atom. The molecule has 8 nitrogen and oxygen atoms in total. The van der Waals surface area contributed by atoms with Crippen LogP contribution < -0.4 is 14.8 Å². The molecule has 0 unspecified atom stereocenters. The number of nitrogens with zero attached hydrogens (tertiary/aromatic N) is 3. The van der Waals surface area contributed by atoms with E-state index in [0.717, 1.165) is 16.7 Å². The number of halogens is 1. The van der Waals surface area contributed by atoms with Crippen LogP contribution in [-0.2, 0) is 6.42 Å². The molecule has 42 heavy (non-hydrogen) atoms. The number of aromatic nitrogens is 2. The summed E-state index contributed by atoms with van der Waals surface area (Å²) in [5.74, 6) is -0.589. The van der Waals surface area contributed by atoms with Gasteiger partial charge in [-0.25, -0.2) is 19.2 Å². The molecule has 9 heteroatoms. The maximum absolute atomic E-state index is 15.5. The van der Waals surface area contributed by atoms with E-state index in [-0.39, 0.29) is 11.3 Å². The Morgan fingerprint density at radius 2 is 1.76 bits per heavy atom. The maximum Gasteiger partial charge on any atom is 0.339 e. The fourth-order valence-corrected chi connectivity index (χ4v) is 5.05. The lowest BCUT2D eigenvalue weighted by molar-refractivity contribution is 0.0693. The second kappa shape index (κ2) is 11.1. The van der Waals surface area contributed by atoms with E-state index in [1.807, 2.05) is 42.5 Å². The molecule has 0 fully saturated rings. The Bertz CT molecular complexity index is 1840. The normalized spacial score (nSPS) is 13.8. The number of nitrogens with one attached hydrogen (secondary N) is 1. The van der Waals surface area contributed by atoms with Crippen LogP contribution in [0.2, 0.25) is 0 Å². The number of carboxylic acid groups (broad SMARTS) is 1. The number of methoxy groups -OCH3 is 2. The lowest BCUT2D eigenvalue weighted by Gasteiger charge is -2.22. The minimum Gasteiger partial charge on any atom is -0.496 e. The first-order chi connectivity index (χ1) is 20.5. The van der Waals surface area contributed by atoms with Crippen molar-refractivity contribution < 1.29 is 23.8 Å². The van der Waals surface area contributed by atoms with Crippen molar-refractivity contribution in [3.05, 3.63) is 131 Å². The summed E-state index contributed by atoms with van der Waals surface area (Å²) in [6, 6.07) is 19.1. The van der Waals surface area contributed by atoms with E-state index in [1.165, 1.54) is 26.4 Å². The fraction of sp³-hybridized carbons (Fsp3) is 0.0909. The Kier molecular flexibility index (Phi) is 7.06. The molecule has 1 aliphatic heterocycles. The van der Waals surface area contributed by atoms with Crippen LogP contribution in [0.25, 0.3) is 11.1 Å². The number of anilines is 2. The zero-order valence-electron chi connectivity index (χ0n) is 22.8. The van der Waals surface area contributed by atoms with Gasteiger partial charge in [-0.2, -0.15) is 0 Å². The molecule has 208 valence electrons. The lowest BCUT2D eigenvalue weighted by Crippen LogP contribution is -2.10. The number of hydrogen-bond acceptors (Lipinski definition) is 7. The van der Waals surface area contributed by atoms with Crippen molar-refractivity contribution in [2.45, 2.75) is 6.42 Å². The number of carbonyl (C=O) groups is 1. The molecule has 1 aliphatic carbocycles. The average Bonchev–Trinajstić information content (AvgIpc) is 3.21. The molecule has 1 aromatic heterocycles. The lowest BCUT2D eigenvalue weighted by atomic mass is 9.84. The van der Waals surface area contributed by atoms with Crippen molar-refractivity contribution in [1.29, 1.82) is 0 Å². The van der Waals surface area contributed by atoms with Gasteiger partial charge in [-0.05, 0) is 47.9 Å². The standard InChI is InChI=1S/C33H25FN4O4/c1-41-28-10-6-9-26(34)30(28)24-16-27(19-7-4-3-5-8-19)35-18-25-22(24)13-11-20-17-36-33(38-31(20)25)37-21-12-14-23(32(39)40)29(15-21)42-2/h3-10,12-18H,11H2,1-2H3,(H,39,40)(H,36,37,38). The van der Waals surface area contributed by atoms with E-state index in [2.05, 4.69) is 10.3 Å². The molecule has 6 rings (SSSR count). The van der Waals surface area contributed by atoms with Gasteiger partial charge in [0.05, 0.1) is 31.2 Å². The van der Waals surface area contributed by atoms with E-state index < -0.39 is 11.8 Å². The Hall–Kier alpha value is -5.57. The predicted octanol–water partition coefficient (Wildman–Crippen LogP) is 6.48. The molecule has 0 atom stereocenters. The number of benzene rings is 3. The van der Waals surface area contributed by atoms with Gasteiger partial charge in [-0.1, -0.05) is 42.5 Å². The molecule has 2 aliphatic rings. The summed E-state index contributed by atoms with van der Waals surface area (Å²) in [5, 5.41) is 12.5. The van der Waals surface area contributed by atoms with Crippen LogP contribution in [-0.4, -0.2) is 41.0 Å². The third-order valence-electron chi connectivity index (χ3n) is 7.06. The van der Waals surface area contributed by atoms with Crippen LogP contribution in [0.4, 0.5) is 16.0 Å². The molecule has 0 amide bonds. The topological polar surface area (TPSA) is 106 Å². The smallest absolute Gasteiger partial charge is 0.339 e. The van der Waals surface area contributed by atoms with Crippen molar-refractivity contribution in [3.8, 4) is 11.5 Å². The molecule has 0 saturated carbocycles. The van der Waals surface area contributed by atoms with Gasteiger partial charge in [0.15, 0.2) is 0 Å². The van der Waals surface area contributed by atoms with Gasteiger partial charge in [0.25, 0.3) is 0 Å². The average molecular weight is 561 g/mol. The zero-order chi connectivity index (χ0) is 29.2. The molecular formula is C33H25FN4O4. The third kappa shape index (κ3) is 4.92. The van der Waals surface area contributed by atoms with E-state index in [4.69, 9.17) is 19.5 Å². The highest BCUT2D eigenvalue weighted by Crippen LogP contribution is 2.43. The van der Waals surface area contributed by atoms with Crippen LogP contribution in [0.5, 0.6) is 11.5 Å². The molecule has 2 N–H and O–H groups in total. The number of allylic oxidation sites excluding steroid dienone is 5. The number of aliphatic imine (C=N–C) groups is 1. The van der Waals surface area contributed by atoms with E-state index in [9.17, 15) is 9.90 Å². The summed E-state index contributed by atoms with van der Waals surface area (Å²) >= 11 is 0. The van der Waals surface area contributed by atoms with E-state index in [1.54, 1.807) is 36.7 Å². The van der Waals surface area contributed by atoms with Crippen LogP contribution in [0.3, 0.4) is 0 Å². The van der Waals surface area contributed by atoms with Crippen molar-refractivity contribution >= 4 is 34.5 Å². The van der Waals surface area contributed by atoms with E-state index in [0.29, 0.717) is 51.9 Å².